The van der Waals surface area contributed by atoms with Gasteiger partial charge < -0.3 is 0 Å². The van der Waals surface area contributed by atoms with E-state index in [1.54, 1.807) is 5.57 Å². The van der Waals surface area contributed by atoms with Crippen molar-refractivity contribution in [3.05, 3.63) is 23.4 Å². The van der Waals surface area contributed by atoms with Crippen LogP contribution >= 0.6 is 0 Å². The van der Waals surface area contributed by atoms with Gasteiger partial charge in [-0.3, -0.25) is 0 Å². The van der Waals surface area contributed by atoms with E-state index in [1.165, 1.54) is 25.7 Å². The molecule has 0 atom stereocenters. The summed E-state index contributed by atoms with van der Waals surface area (Å²) in [5.41, 5.74) is 4.13. The monoisotopic (exact) mass is 180 g/mol. The van der Waals surface area contributed by atoms with E-state index in [4.69, 9.17) is 0 Å². The highest BCUT2D eigenvalue weighted by molar-refractivity contribution is 6.81. The van der Waals surface area contributed by atoms with Gasteiger partial charge in [0.25, 0.3) is 0 Å². The smallest absolute Gasteiger partial charge is 0.0690 e. The predicted molar refractivity (Wildman–Crippen MR) is 59.0 cm³/mol. The molecule has 1 heteroatoms. The van der Waals surface area contributed by atoms with Crippen LogP contribution in [0.25, 0.3) is 0 Å². The molecule has 0 nitrogen and oxygen atoms in total. The Morgan fingerprint density at radius 3 is 2.67 bits per heavy atom. The Kier molecular flexibility index (Phi) is 3.33. The van der Waals surface area contributed by atoms with Gasteiger partial charge in [-0.2, -0.15) is 0 Å². The van der Waals surface area contributed by atoms with Crippen molar-refractivity contribution in [1.29, 1.82) is 0 Å². The number of allylic oxidation sites excluding steroid dienone is 3. The van der Waals surface area contributed by atoms with Crippen LogP contribution in [0.3, 0.4) is 0 Å². The molecular weight excluding hydrogens is 160 g/mol. The molecule has 0 aliphatic heterocycles. The Bertz CT molecular complexity index is 194. The molecule has 0 amide bonds. The van der Waals surface area contributed by atoms with Crippen molar-refractivity contribution in [3.63, 3.8) is 0 Å². The van der Waals surface area contributed by atoms with E-state index in [2.05, 4.69) is 37.5 Å². The first-order chi connectivity index (χ1) is 5.58. The zero-order chi connectivity index (χ0) is 9.03. The van der Waals surface area contributed by atoms with E-state index < -0.39 is 8.07 Å². The molecule has 0 spiro atoms. The summed E-state index contributed by atoms with van der Waals surface area (Å²) in [7, 11) is -0.980. The maximum absolute atomic E-state index is 2.54. The Morgan fingerprint density at radius 2 is 2.00 bits per heavy atom. The SMILES string of the molecule is C[Si](C)(C)/C=C1\C=CCCCC1. The summed E-state index contributed by atoms with van der Waals surface area (Å²) in [5, 5.41) is 0. The van der Waals surface area contributed by atoms with Gasteiger partial charge in [0.15, 0.2) is 0 Å². The minimum atomic E-state index is -0.980. The van der Waals surface area contributed by atoms with Crippen LogP contribution in [0.1, 0.15) is 25.7 Å². The Balaban J connectivity index is 2.66. The van der Waals surface area contributed by atoms with Crippen molar-refractivity contribution < 1.29 is 0 Å². The van der Waals surface area contributed by atoms with Crippen molar-refractivity contribution in [2.45, 2.75) is 45.3 Å². The van der Waals surface area contributed by atoms with E-state index >= 15 is 0 Å². The normalized spacial score (nSPS) is 22.8. The summed E-state index contributed by atoms with van der Waals surface area (Å²) in [6.07, 6.45) is 10.0. The molecule has 0 saturated heterocycles. The fourth-order valence-electron chi connectivity index (χ4n) is 1.59. The lowest BCUT2D eigenvalue weighted by Crippen LogP contribution is -2.16. The topological polar surface area (TPSA) is 0 Å². The average molecular weight is 180 g/mol. The second-order valence-electron chi connectivity index (χ2n) is 4.73. The molecule has 0 aromatic rings. The minimum absolute atomic E-state index is 0.980. The van der Waals surface area contributed by atoms with Gasteiger partial charge in [0, 0.05) is 0 Å². The van der Waals surface area contributed by atoms with Crippen molar-refractivity contribution in [2.24, 2.45) is 0 Å². The van der Waals surface area contributed by atoms with Gasteiger partial charge in [0.1, 0.15) is 0 Å². The largest absolute Gasteiger partial charge is 0.0919 e. The van der Waals surface area contributed by atoms with Gasteiger partial charge in [0.2, 0.25) is 0 Å². The van der Waals surface area contributed by atoms with Crippen LogP contribution in [0.15, 0.2) is 23.4 Å². The third kappa shape index (κ3) is 3.91. The Morgan fingerprint density at radius 1 is 1.25 bits per heavy atom. The average Bonchev–Trinajstić information content (AvgIpc) is 2.12. The molecule has 1 rings (SSSR count). The molecule has 0 aromatic heterocycles. The first-order valence-corrected chi connectivity index (χ1v) is 8.54. The zero-order valence-corrected chi connectivity index (χ0v) is 9.56. The summed E-state index contributed by atoms with van der Waals surface area (Å²) in [6.45, 7) is 7.20. The van der Waals surface area contributed by atoms with Gasteiger partial charge in [-0.05, 0) is 25.7 Å². The van der Waals surface area contributed by atoms with Crippen molar-refractivity contribution >= 4 is 8.07 Å². The summed E-state index contributed by atoms with van der Waals surface area (Å²) < 4.78 is 0. The van der Waals surface area contributed by atoms with E-state index in [1.807, 2.05) is 0 Å². The second-order valence-corrected chi connectivity index (χ2v) is 9.75. The van der Waals surface area contributed by atoms with Crippen molar-refractivity contribution in [3.8, 4) is 0 Å². The van der Waals surface area contributed by atoms with Gasteiger partial charge >= 0.3 is 0 Å². The molecule has 0 N–H and O–H groups in total. The number of rotatable bonds is 1. The molecule has 0 unspecified atom stereocenters. The second kappa shape index (κ2) is 4.08. The lowest BCUT2D eigenvalue weighted by atomic mass is 10.2. The minimum Gasteiger partial charge on any atom is -0.0919 e. The van der Waals surface area contributed by atoms with E-state index in [9.17, 15) is 0 Å². The van der Waals surface area contributed by atoms with Crippen LogP contribution < -0.4 is 0 Å². The van der Waals surface area contributed by atoms with Gasteiger partial charge in [-0.15, -0.1) is 0 Å². The molecule has 1 aliphatic rings. The molecule has 12 heavy (non-hydrogen) atoms. The maximum atomic E-state index is 2.54. The van der Waals surface area contributed by atoms with E-state index in [-0.39, 0.29) is 0 Å². The molecule has 0 heterocycles. The lowest BCUT2D eigenvalue weighted by Gasteiger charge is -2.11. The third-order valence-corrected chi connectivity index (χ3v) is 3.27. The first-order valence-electron chi connectivity index (χ1n) is 4.96. The summed E-state index contributed by atoms with van der Waals surface area (Å²) >= 11 is 0. The van der Waals surface area contributed by atoms with Crippen molar-refractivity contribution in [1.82, 2.24) is 0 Å². The van der Waals surface area contributed by atoms with E-state index in [0.717, 1.165) is 0 Å². The van der Waals surface area contributed by atoms with Crippen LogP contribution in [0, 0.1) is 0 Å². The Labute approximate surface area is 77.4 Å². The summed E-state index contributed by atoms with van der Waals surface area (Å²) in [4.78, 5) is 0. The van der Waals surface area contributed by atoms with Crippen LogP contribution in [-0.4, -0.2) is 8.07 Å². The summed E-state index contributed by atoms with van der Waals surface area (Å²) in [5.74, 6) is 0. The molecule has 68 valence electrons. The van der Waals surface area contributed by atoms with Gasteiger partial charge in [-0.1, -0.05) is 43.1 Å². The van der Waals surface area contributed by atoms with Gasteiger partial charge in [0.05, 0.1) is 8.07 Å². The first kappa shape index (κ1) is 9.78. The predicted octanol–water partition coefficient (Wildman–Crippen LogP) is 3.92. The molecule has 1 aliphatic carbocycles. The quantitative estimate of drug-likeness (QED) is 0.537. The van der Waals surface area contributed by atoms with Crippen LogP contribution in [0.2, 0.25) is 19.6 Å². The number of hydrogen-bond acceptors (Lipinski definition) is 0. The van der Waals surface area contributed by atoms with Crippen LogP contribution in [-0.2, 0) is 0 Å². The van der Waals surface area contributed by atoms with E-state index in [0.29, 0.717) is 0 Å². The Hall–Kier alpha value is -0.303. The molecule has 0 bridgehead atoms. The maximum Gasteiger partial charge on any atom is 0.0690 e. The van der Waals surface area contributed by atoms with Crippen LogP contribution in [0.5, 0.6) is 0 Å². The van der Waals surface area contributed by atoms with Crippen LogP contribution in [0.4, 0.5) is 0 Å². The lowest BCUT2D eigenvalue weighted by molar-refractivity contribution is 0.765. The molecule has 0 aromatic carbocycles. The highest BCUT2D eigenvalue weighted by Gasteiger charge is 2.10. The third-order valence-electron chi connectivity index (χ3n) is 2.04. The number of hydrogen-bond donors (Lipinski definition) is 0. The molecule has 0 fully saturated rings. The molecular formula is C11H20Si. The highest BCUT2D eigenvalue weighted by Crippen LogP contribution is 2.18. The van der Waals surface area contributed by atoms with Crippen molar-refractivity contribution in [2.75, 3.05) is 0 Å². The fraction of sp³-hybridized carbons (Fsp3) is 0.636. The molecule has 0 saturated carbocycles. The molecule has 0 radical (unpaired) electrons. The fourth-order valence-corrected chi connectivity index (χ4v) is 2.94. The standard InChI is InChI=1S/C11H20Si/c1-12(2,3)10-11-8-6-4-5-7-9-11/h6,8,10H,4-5,7,9H2,1-3H3/b11-10+. The van der Waals surface area contributed by atoms with Gasteiger partial charge in [-0.25, -0.2) is 0 Å². The zero-order valence-electron chi connectivity index (χ0n) is 8.56. The highest BCUT2D eigenvalue weighted by atomic mass is 28.3. The summed E-state index contributed by atoms with van der Waals surface area (Å²) in [6, 6.07) is 0.